The number of pyridine rings is 1. The van der Waals surface area contributed by atoms with Crippen LogP contribution in [0, 0.1) is 0 Å². The van der Waals surface area contributed by atoms with Crippen LogP contribution in [0.25, 0.3) is 0 Å². The van der Waals surface area contributed by atoms with Gasteiger partial charge in [-0.2, -0.15) is 0 Å². The number of nitrogens with zero attached hydrogens (tertiary/aromatic N) is 1. The number of nitrogens with one attached hydrogen (secondary N) is 2. The number of rotatable bonds is 9. The molecule has 0 aliphatic carbocycles. The number of sulfonamides is 1. The van der Waals surface area contributed by atoms with Gasteiger partial charge in [0.25, 0.3) is 5.56 Å². The summed E-state index contributed by atoms with van der Waals surface area (Å²) in [5, 5.41) is 11.3. The third-order valence-electron chi connectivity index (χ3n) is 4.07. The summed E-state index contributed by atoms with van der Waals surface area (Å²) in [6.45, 7) is 3.37. The van der Waals surface area contributed by atoms with Crippen LogP contribution < -0.4 is 15.6 Å². The van der Waals surface area contributed by atoms with Gasteiger partial charge in [0.1, 0.15) is 6.54 Å². The molecule has 1 aromatic carbocycles. The maximum absolute atomic E-state index is 12.3. The fraction of sp³-hybridized carbons (Fsp3) is 0.316. The van der Waals surface area contributed by atoms with E-state index in [4.69, 9.17) is 5.11 Å². The van der Waals surface area contributed by atoms with Crippen LogP contribution >= 0.6 is 0 Å². The van der Waals surface area contributed by atoms with E-state index in [1.54, 1.807) is 12.1 Å². The second kappa shape index (κ2) is 9.48. The molecule has 0 saturated heterocycles. The van der Waals surface area contributed by atoms with E-state index in [-0.39, 0.29) is 29.5 Å². The summed E-state index contributed by atoms with van der Waals surface area (Å²) in [5.41, 5.74) is 0.747. The minimum atomic E-state index is -3.74. The fourth-order valence-electron chi connectivity index (χ4n) is 2.51. The van der Waals surface area contributed by atoms with Crippen molar-refractivity contribution in [1.82, 2.24) is 9.29 Å². The Hall–Kier alpha value is -2.98. The first kappa shape index (κ1) is 22.3. The van der Waals surface area contributed by atoms with E-state index in [1.165, 1.54) is 24.4 Å². The van der Waals surface area contributed by atoms with Crippen LogP contribution in [0.15, 0.2) is 52.3 Å². The van der Waals surface area contributed by atoms with E-state index in [2.05, 4.69) is 10.0 Å². The first-order chi connectivity index (χ1) is 13.6. The molecule has 156 valence electrons. The van der Waals surface area contributed by atoms with Crippen molar-refractivity contribution < 1.29 is 23.1 Å². The van der Waals surface area contributed by atoms with Crippen LogP contribution in [0.5, 0.6) is 0 Å². The molecule has 1 heterocycles. The van der Waals surface area contributed by atoms with Crippen molar-refractivity contribution in [3.05, 3.63) is 58.5 Å². The summed E-state index contributed by atoms with van der Waals surface area (Å²) in [7, 11) is -3.74. The lowest BCUT2D eigenvalue weighted by molar-refractivity contribution is -0.137. The van der Waals surface area contributed by atoms with Gasteiger partial charge in [0.2, 0.25) is 15.9 Å². The zero-order valence-electron chi connectivity index (χ0n) is 16.1. The third-order valence-corrected chi connectivity index (χ3v) is 5.55. The molecule has 0 bridgehead atoms. The predicted molar refractivity (Wildman–Crippen MR) is 107 cm³/mol. The molecular weight excluding hydrogens is 398 g/mol. The van der Waals surface area contributed by atoms with E-state index in [0.717, 1.165) is 16.2 Å². The van der Waals surface area contributed by atoms with Crippen molar-refractivity contribution in [3.8, 4) is 0 Å². The minimum absolute atomic E-state index is 0.114. The lowest BCUT2D eigenvalue weighted by atomic mass is 10.0. The molecule has 0 radical (unpaired) electrons. The van der Waals surface area contributed by atoms with Crippen LogP contribution in [0.3, 0.4) is 0 Å². The molecule has 0 fully saturated rings. The number of aliphatic carboxylic acids is 1. The average molecular weight is 421 g/mol. The Balaban J connectivity index is 1.92. The number of amides is 1. The lowest BCUT2D eigenvalue weighted by Crippen LogP contribution is -2.28. The Morgan fingerprint density at radius 2 is 1.76 bits per heavy atom. The highest BCUT2D eigenvalue weighted by Gasteiger charge is 2.15. The number of hydrogen-bond donors (Lipinski definition) is 3. The van der Waals surface area contributed by atoms with Crippen molar-refractivity contribution in [2.45, 2.75) is 37.6 Å². The maximum Gasteiger partial charge on any atom is 0.323 e. The summed E-state index contributed by atoms with van der Waals surface area (Å²) in [6.07, 6.45) is 1.08. The van der Waals surface area contributed by atoms with E-state index < -0.39 is 34.0 Å². The number of benzene rings is 1. The fourth-order valence-corrected chi connectivity index (χ4v) is 3.54. The average Bonchev–Trinajstić information content (AvgIpc) is 2.64. The van der Waals surface area contributed by atoms with Crippen LogP contribution in [0.2, 0.25) is 0 Å². The predicted octanol–water partition coefficient (Wildman–Crippen LogP) is 1.36. The molecular formula is C19H23N3O6S. The highest BCUT2D eigenvalue weighted by molar-refractivity contribution is 7.89. The van der Waals surface area contributed by atoms with Crippen molar-refractivity contribution >= 4 is 27.6 Å². The monoisotopic (exact) mass is 421 g/mol. The molecule has 2 aromatic rings. The molecule has 0 aliphatic heterocycles. The molecule has 1 aromatic heterocycles. The Kier molecular flexibility index (Phi) is 7.29. The van der Waals surface area contributed by atoms with Gasteiger partial charge >= 0.3 is 5.97 Å². The van der Waals surface area contributed by atoms with Crippen molar-refractivity contribution in [2.24, 2.45) is 0 Å². The summed E-state index contributed by atoms with van der Waals surface area (Å²) >= 11 is 0. The SMILES string of the molecule is CC(C)c1ccc(S(=O)(=O)NCCC(=O)Nc2ccc(=O)n(CC(=O)O)c2)cc1. The summed E-state index contributed by atoms with van der Waals surface area (Å²) in [4.78, 5) is 34.5. The maximum atomic E-state index is 12.3. The second-order valence-electron chi connectivity index (χ2n) is 6.70. The summed E-state index contributed by atoms with van der Waals surface area (Å²) < 4.78 is 27.9. The standard InChI is InChI=1S/C19H23N3O6S/c1-13(2)14-3-6-16(7-4-14)29(27,28)20-10-9-17(23)21-15-5-8-18(24)22(11-15)12-19(25)26/h3-8,11,13,20H,9-10,12H2,1-2H3,(H,21,23)(H,25,26). The van der Waals surface area contributed by atoms with E-state index in [9.17, 15) is 22.8 Å². The summed E-state index contributed by atoms with van der Waals surface area (Å²) in [6, 6.07) is 9.02. The molecule has 0 aliphatic rings. The molecule has 29 heavy (non-hydrogen) atoms. The number of hydrogen-bond acceptors (Lipinski definition) is 5. The molecule has 9 nitrogen and oxygen atoms in total. The first-order valence-electron chi connectivity index (χ1n) is 8.90. The van der Waals surface area contributed by atoms with Gasteiger partial charge in [0.15, 0.2) is 0 Å². The normalized spacial score (nSPS) is 11.4. The number of carboxylic acid groups (broad SMARTS) is 1. The Morgan fingerprint density at radius 3 is 2.34 bits per heavy atom. The van der Waals surface area contributed by atoms with E-state index >= 15 is 0 Å². The van der Waals surface area contributed by atoms with E-state index in [1.807, 2.05) is 13.8 Å². The molecule has 10 heteroatoms. The molecule has 0 saturated carbocycles. The van der Waals surface area contributed by atoms with Gasteiger partial charge in [0, 0.05) is 25.2 Å². The van der Waals surface area contributed by atoms with Gasteiger partial charge in [-0.05, 0) is 29.7 Å². The number of anilines is 1. The number of aromatic nitrogens is 1. The van der Waals surface area contributed by atoms with Gasteiger partial charge < -0.3 is 15.0 Å². The Labute approximate surface area is 168 Å². The molecule has 0 spiro atoms. The van der Waals surface area contributed by atoms with Crippen molar-refractivity contribution in [1.29, 1.82) is 0 Å². The molecule has 2 rings (SSSR count). The number of carbonyl (C=O) groups is 2. The van der Waals surface area contributed by atoms with Gasteiger partial charge in [-0.1, -0.05) is 26.0 Å². The number of carboxylic acids is 1. The van der Waals surface area contributed by atoms with Crippen LogP contribution in [-0.2, 0) is 26.2 Å². The van der Waals surface area contributed by atoms with Crippen molar-refractivity contribution in [3.63, 3.8) is 0 Å². The number of carbonyl (C=O) groups excluding carboxylic acids is 1. The van der Waals surface area contributed by atoms with Gasteiger partial charge in [0.05, 0.1) is 10.6 Å². The van der Waals surface area contributed by atoms with Crippen molar-refractivity contribution in [2.75, 3.05) is 11.9 Å². The lowest BCUT2D eigenvalue weighted by Gasteiger charge is -2.10. The molecule has 3 N–H and O–H groups in total. The third kappa shape index (κ3) is 6.54. The molecule has 0 atom stereocenters. The molecule has 1 amide bonds. The van der Waals surface area contributed by atoms with Gasteiger partial charge in [-0.15, -0.1) is 0 Å². The second-order valence-corrected chi connectivity index (χ2v) is 8.46. The van der Waals surface area contributed by atoms with Crippen LogP contribution in [0.1, 0.15) is 31.7 Å². The minimum Gasteiger partial charge on any atom is -0.480 e. The topological polar surface area (TPSA) is 135 Å². The smallest absolute Gasteiger partial charge is 0.323 e. The summed E-state index contributed by atoms with van der Waals surface area (Å²) in [5.74, 6) is -1.39. The van der Waals surface area contributed by atoms with Gasteiger partial charge in [-0.25, -0.2) is 13.1 Å². The van der Waals surface area contributed by atoms with Crippen LogP contribution in [0.4, 0.5) is 5.69 Å². The van der Waals surface area contributed by atoms with E-state index in [0.29, 0.717) is 0 Å². The Bertz CT molecular complexity index is 1040. The highest BCUT2D eigenvalue weighted by atomic mass is 32.2. The zero-order chi connectivity index (χ0) is 21.6. The van der Waals surface area contributed by atoms with Crippen LogP contribution in [-0.4, -0.2) is 36.5 Å². The zero-order valence-corrected chi connectivity index (χ0v) is 16.9. The van der Waals surface area contributed by atoms with Gasteiger partial charge in [-0.3, -0.25) is 14.4 Å². The largest absolute Gasteiger partial charge is 0.480 e. The first-order valence-corrected chi connectivity index (χ1v) is 10.4. The molecule has 0 unspecified atom stereocenters. The quantitative estimate of drug-likeness (QED) is 0.560. The highest BCUT2D eigenvalue weighted by Crippen LogP contribution is 2.17. The Morgan fingerprint density at radius 1 is 1.10 bits per heavy atom.